The molecule has 7 atom stereocenters. The number of fused-ring (bicyclic) bond motifs is 5. The SMILES string of the molecule is CC(C)(N)CON=C1CC[C@@]2(C)C(C1)C(N=O)C[C@@H]1[C@@H]2CC[C@]2(C)C(=O)CC[C@@H]12. The summed E-state index contributed by atoms with van der Waals surface area (Å²) < 4.78 is 0. The van der Waals surface area contributed by atoms with E-state index in [9.17, 15) is 9.70 Å². The van der Waals surface area contributed by atoms with Gasteiger partial charge in [-0.1, -0.05) is 24.2 Å². The van der Waals surface area contributed by atoms with Gasteiger partial charge in [0.05, 0.1) is 11.8 Å². The predicted molar refractivity (Wildman–Crippen MR) is 113 cm³/mol. The molecule has 0 heterocycles. The molecular weight excluding hydrogens is 366 g/mol. The minimum atomic E-state index is -0.411. The second kappa shape index (κ2) is 7.14. The standard InChI is InChI=1S/C23H37N3O3/c1-21(2,24)13-29-26-14-7-9-22(3)17-8-10-23(4)16(5-6-20(23)27)15(17)12-19(25-28)18(22)11-14/h15-19H,5-13,24H2,1-4H3/t15-,16-,17-,18?,19?,22+,23-/m0/s1. The summed E-state index contributed by atoms with van der Waals surface area (Å²) in [5.74, 6) is 2.14. The van der Waals surface area contributed by atoms with Gasteiger partial charge in [0.2, 0.25) is 0 Å². The van der Waals surface area contributed by atoms with Crippen LogP contribution in [0.5, 0.6) is 0 Å². The van der Waals surface area contributed by atoms with Crippen molar-refractivity contribution in [2.24, 2.45) is 50.6 Å². The molecule has 0 spiro atoms. The van der Waals surface area contributed by atoms with Crippen LogP contribution in [0.25, 0.3) is 0 Å². The van der Waals surface area contributed by atoms with Gasteiger partial charge in [-0.3, -0.25) is 4.79 Å². The van der Waals surface area contributed by atoms with Gasteiger partial charge in [-0.2, -0.15) is 4.91 Å². The highest BCUT2D eigenvalue weighted by atomic mass is 16.6. The molecule has 4 rings (SSSR count). The maximum absolute atomic E-state index is 12.6. The van der Waals surface area contributed by atoms with Gasteiger partial charge in [-0.25, -0.2) is 0 Å². The zero-order chi connectivity index (χ0) is 21.0. The average molecular weight is 404 g/mol. The van der Waals surface area contributed by atoms with Crippen molar-refractivity contribution in [3.05, 3.63) is 4.91 Å². The highest BCUT2D eigenvalue weighted by Crippen LogP contribution is 2.65. The van der Waals surface area contributed by atoms with E-state index in [-0.39, 0.29) is 22.8 Å². The first kappa shape index (κ1) is 21.0. The van der Waals surface area contributed by atoms with E-state index in [1.165, 1.54) is 0 Å². The third-order valence-electron chi connectivity index (χ3n) is 8.99. The summed E-state index contributed by atoms with van der Waals surface area (Å²) in [7, 11) is 0. The Bertz CT molecular complexity index is 715. The first-order valence-electron chi connectivity index (χ1n) is 11.4. The van der Waals surface area contributed by atoms with E-state index in [2.05, 4.69) is 24.2 Å². The molecule has 0 bridgehead atoms. The Morgan fingerprint density at radius 3 is 2.59 bits per heavy atom. The van der Waals surface area contributed by atoms with Crippen LogP contribution < -0.4 is 5.73 Å². The second-order valence-corrected chi connectivity index (χ2v) is 11.4. The average Bonchev–Trinajstić information content (AvgIpc) is 2.95. The molecule has 0 saturated heterocycles. The lowest BCUT2D eigenvalue weighted by atomic mass is 9.44. The van der Waals surface area contributed by atoms with Crippen LogP contribution in [0.3, 0.4) is 0 Å². The van der Waals surface area contributed by atoms with Gasteiger partial charge in [-0.15, -0.1) is 0 Å². The smallest absolute Gasteiger partial charge is 0.139 e. The second-order valence-electron chi connectivity index (χ2n) is 11.4. The predicted octanol–water partition coefficient (Wildman–Crippen LogP) is 4.45. The van der Waals surface area contributed by atoms with Gasteiger partial charge in [0, 0.05) is 17.4 Å². The van der Waals surface area contributed by atoms with E-state index >= 15 is 0 Å². The number of oxime groups is 1. The van der Waals surface area contributed by atoms with Crippen molar-refractivity contribution >= 4 is 11.5 Å². The summed E-state index contributed by atoms with van der Waals surface area (Å²) in [6, 6.07) is -0.184. The Morgan fingerprint density at radius 1 is 1.14 bits per heavy atom. The van der Waals surface area contributed by atoms with E-state index < -0.39 is 5.54 Å². The maximum atomic E-state index is 12.6. The molecule has 29 heavy (non-hydrogen) atoms. The minimum absolute atomic E-state index is 0.0978. The Morgan fingerprint density at radius 2 is 1.90 bits per heavy atom. The first-order valence-corrected chi connectivity index (χ1v) is 11.4. The molecular formula is C23H37N3O3. The van der Waals surface area contributed by atoms with Gasteiger partial charge in [0.25, 0.3) is 0 Å². The van der Waals surface area contributed by atoms with Gasteiger partial charge in [-0.05, 0) is 87.9 Å². The summed E-state index contributed by atoms with van der Waals surface area (Å²) in [6.45, 7) is 8.79. The van der Waals surface area contributed by atoms with Crippen molar-refractivity contribution in [2.75, 3.05) is 6.61 Å². The van der Waals surface area contributed by atoms with Crippen LogP contribution in [0.1, 0.15) is 79.1 Å². The fourth-order valence-electron chi connectivity index (χ4n) is 7.36. The third kappa shape index (κ3) is 3.45. The number of carbonyl (C=O) groups excluding carboxylic acids is 1. The number of Topliss-reactive ketones (excluding diaryl/α,β-unsaturated/α-hetero) is 1. The Labute approximate surface area is 174 Å². The molecule has 4 aliphatic carbocycles. The van der Waals surface area contributed by atoms with Gasteiger partial charge in [0.15, 0.2) is 0 Å². The van der Waals surface area contributed by atoms with Gasteiger partial charge < -0.3 is 10.6 Å². The van der Waals surface area contributed by atoms with E-state index in [0.29, 0.717) is 30.1 Å². The molecule has 2 N–H and O–H groups in total. The summed E-state index contributed by atoms with van der Waals surface area (Å²) >= 11 is 0. The molecule has 4 saturated carbocycles. The Kier molecular flexibility index (Phi) is 5.16. The minimum Gasteiger partial charge on any atom is -0.394 e. The molecule has 0 radical (unpaired) electrons. The van der Waals surface area contributed by atoms with Gasteiger partial charge in [0.1, 0.15) is 12.4 Å². The Balaban J connectivity index is 1.55. The third-order valence-corrected chi connectivity index (χ3v) is 8.99. The number of hydrogen-bond donors (Lipinski definition) is 1. The van der Waals surface area contributed by atoms with Crippen LogP contribution >= 0.6 is 0 Å². The molecule has 0 aromatic rings. The number of rotatable bonds is 4. The van der Waals surface area contributed by atoms with Crippen LogP contribution in [-0.4, -0.2) is 29.7 Å². The van der Waals surface area contributed by atoms with Crippen LogP contribution in [0.2, 0.25) is 0 Å². The molecule has 0 aromatic carbocycles. The van der Waals surface area contributed by atoms with Crippen molar-refractivity contribution in [2.45, 2.75) is 90.6 Å². The van der Waals surface area contributed by atoms with E-state index in [0.717, 1.165) is 57.1 Å². The molecule has 0 amide bonds. The van der Waals surface area contributed by atoms with Crippen molar-refractivity contribution < 1.29 is 9.63 Å². The summed E-state index contributed by atoms with van der Waals surface area (Å²) in [5, 5.41) is 8.01. The highest BCUT2D eigenvalue weighted by Gasteiger charge is 2.62. The van der Waals surface area contributed by atoms with Crippen molar-refractivity contribution in [3.63, 3.8) is 0 Å². The molecule has 6 heteroatoms. The lowest BCUT2D eigenvalue weighted by Gasteiger charge is -2.60. The number of ketones is 1. The number of carbonyl (C=O) groups is 1. The first-order chi connectivity index (χ1) is 13.6. The quantitative estimate of drug-likeness (QED) is 0.554. The lowest BCUT2D eigenvalue weighted by molar-refractivity contribution is -0.138. The van der Waals surface area contributed by atoms with E-state index in [1.54, 1.807) is 0 Å². The lowest BCUT2D eigenvalue weighted by Crippen LogP contribution is -2.57. The monoisotopic (exact) mass is 403 g/mol. The Hall–Kier alpha value is -1.30. The maximum Gasteiger partial charge on any atom is 0.139 e. The number of nitrogens with two attached hydrogens (primary N) is 1. The summed E-state index contributed by atoms with van der Waals surface area (Å²) in [5.41, 5.74) is 6.55. The topological polar surface area (TPSA) is 94.1 Å². The van der Waals surface area contributed by atoms with Crippen molar-refractivity contribution in [3.8, 4) is 0 Å². The number of hydrogen-bond acceptors (Lipinski definition) is 6. The molecule has 4 aliphatic rings. The largest absolute Gasteiger partial charge is 0.394 e. The fraction of sp³-hybridized carbons (Fsp3) is 0.913. The molecule has 162 valence electrons. The number of nitrogens with zero attached hydrogens (tertiary/aromatic N) is 2. The molecule has 4 fully saturated rings. The summed E-state index contributed by atoms with van der Waals surface area (Å²) in [4.78, 5) is 30.0. The molecule has 2 unspecified atom stereocenters. The highest BCUT2D eigenvalue weighted by molar-refractivity contribution is 5.87. The molecule has 6 nitrogen and oxygen atoms in total. The van der Waals surface area contributed by atoms with Crippen molar-refractivity contribution in [1.29, 1.82) is 0 Å². The van der Waals surface area contributed by atoms with Gasteiger partial charge >= 0.3 is 0 Å². The van der Waals surface area contributed by atoms with Crippen molar-refractivity contribution in [1.82, 2.24) is 0 Å². The van der Waals surface area contributed by atoms with E-state index in [4.69, 9.17) is 10.6 Å². The zero-order valence-electron chi connectivity index (χ0n) is 18.4. The summed E-state index contributed by atoms with van der Waals surface area (Å²) in [6.07, 6.45) is 7.40. The van der Waals surface area contributed by atoms with E-state index in [1.807, 2.05) is 13.8 Å². The normalized spacial score (nSPS) is 46.0. The van der Waals surface area contributed by atoms with Crippen LogP contribution in [0.15, 0.2) is 10.3 Å². The zero-order valence-corrected chi connectivity index (χ0v) is 18.4. The van der Waals surface area contributed by atoms with Crippen LogP contribution in [0, 0.1) is 39.4 Å². The molecule has 0 aromatic heterocycles. The fourth-order valence-corrected chi connectivity index (χ4v) is 7.36. The van der Waals surface area contributed by atoms with Crippen LogP contribution in [0.4, 0.5) is 0 Å². The van der Waals surface area contributed by atoms with Crippen LogP contribution in [-0.2, 0) is 9.63 Å². The molecule has 0 aliphatic heterocycles. The number of nitroso groups, excluding NO2 is 1.